The summed E-state index contributed by atoms with van der Waals surface area (Å²) in [6, 6.07) is 5.63. The van der Waals surface area contributed by atoms with Gasteiger partial charge in [0.05, 0.1) is 6.10 Å². The number of hydrogen-bond acceptors (Lipinski definition) is 4. The first-order chi connectivity index (χ1) is 8.04. The van der Waals surface area contributed by atoms with Crippen LogP contribution in [0.1, 0.15) is 11.7 Å². The summed E-state index contributed by atoms with van der Waals surface area (Å²) >= 11 is 0. The van der Waals surface area contributed by atoms with E-state index < -0.39 is 18.8 Å². The number of aliphatic hydroxyl groups excluding tert-OH is 2. The lowest BCUT2D eigenvalue weighted by atomic mass is 10.0. The third-order valence-corrected chi connectivity index (χ3v) is 2.20. The average Bonchev–Trinajstić information content (AvgIpc) is 2.28. The van der Waals surface area contributed by atoms with Crippen LogP contribution in [0.5, 0.6) is 5.75 Å². The van der Waals surface area contributed by atoms with Crippen molar-refractivity contribution in [1.82, 2.24) is 5.32 Å². The van der Waals surface area contributed by atoms with Crippen LogP contribution in [0.4, 0.5) is 8.78 Å². The second-order valence-electron chi connectivity index (χ2n) is 3.52. The SMILES string of the molecule is CNCC(O)C(O)c1cccc(OC(F)F)c1. The number of halogens is 2. The van der Waals surface area contributed by atoms with E-state index >= 15 is 0 Å². The highest BCUT2D eigenvalue weighted by atomic mass is 19.3. The molecular weight excluding hydrogens is 232 g/mol. The van der Waals surface area contributed by atoms with E-state index in [9.17, 15) is 19.0 Å². The van der Waals surface area contributed by atoms with Crippen molar-refractivity contribution in [2.24, 2.45) is 0 Å². The van der Waals surface area contributed by atoms with Crippen LogP contribution < -0.4 is 10.1 Å². The molecule has 0 spiro atoms. The van der Waals surface area contributed by atoms with Crippen LogP contribution >= 0.6 is 0 Å². The van der Waals surface area contributed by atoms with Crippen molar-refractivity contribution in [3.8, 4) is 5.75 Å². The molecule has 0 saturated carbocycles. The van der Waals surface area contributed by atoms with E-state index in [4.69, 9.17) is 0 Å². The summed E-state index contributed by atoms with van der Waals surface area (Å²) in [6.45, 7) is -2.72. The normalized spacial score (nSPS) is 14.7. The molecule has 1 rings (SSSR count). The Morgan fingerprint density at radius 3 is 2.65 bits per heavy atom. The molecule has 1 aromatic rings. The van der Waals surface area contributed by atoms with Crippen LogP contribution in [0.3, 0.4) is 0 Å². The smallest absolute Gasteiger partial charge is 0.387 e. The minimum absolute atomic E-state index is 0.0480. The van der Waals surface area contributed by atoms with Gasteiger partial charge in [0, 0.05) is 6.54 Å². The van der Waals surface area contributed by atoms with E-state index in [1.807, 2.05) is 0 Å². The molecule has 0 aliphatic carbocycles. The van der Waals surface area contributed by atoms with Crippen molar-refractivity contribution >= 4 is 0 Å². The van der Waals surface area contributed by atoms with Crippen molar-refractivity contribution in [1.29, 1.82) is 0 Å². The maximum atomic E-state index is 12.0. The van der Waals surface area contributed by atoms with Crippen molar-refractivity contribution in [3.05, 3.63) is 29.8 Å². The summed E-state index contributed by atoms with van der Waals surface area (Å²) in [5, 5.41) is 22.0. The predicted molar refractivity (Wildman–Crippen MR) is 58.0 cm³/mol. The molecule has 6 heteroatoms. The van der Waals surface area contributed by atoms with Crippen molar-refractivity contribution in [2.45, 2.75) is 18.8 Å². The Bertz CT molecular complexity index is 349. The van der Waals surface area contributed by atoms with Gasteiger partial charge in [0.1, 0.15) is 11.9 Å². The number of aliphatic hydroxyl groups is 2. The highest BCUT2D eigenvalue weighted by Crippen LogP contribution is 2.22. The molecule has 0 radical (unpaired) electrons. The van der Waals surface area contributed by atoms with Crippen LogP contribution in [-0.2, 0) is 0 Å². The van der Waals surface area contributed by atoms with E-state index in [-0.39, 0.29) is 12.3 Å². The highest BCUT2D eigenvalue weighted by Gasteiger charge is 2.18. The second-order valence-corrected chi connectivity index (χ2v) is 3.52. The van der Waals surface area contributed by atoms with Crippen LogP contribution in [0, 0.1) is 0 Å². The fraction of sp³-hybridized carbons (Fsp3) is 0.455. The van der Waals surface area contributed by atoms with Gasteiger partial charge in [-0.25, -0.2) is 0 Å². The second kappa shape index (κ2) is 6.48. The number of alkyl halides is 2. The number of likely N-dealkylation sites (N-methyl/N-ethyl adjacent to an activating group) is 1. The predicted octanol–water partition coefficient (Wildman–Crippen LogP) is 0.902. The van der Waals surface area contributed by atoms with Crippen molar-refractivity contribution in [3.63, 3.8) is 0 Å². The number of hydrogen-bond donors (Lipinski definition) is 3. The molecule has 2 unspecified atom stereocenters. The topological polar surface area (TPSA) is 61.7 Å². The molecule has 2 atom stereocenters. The molecule has 1 aromatic carbocycles. The first kappa shape index (κ1) is 13.8. The number of benzene rings is 1. The van der Waals surface area contributed by atoms with Gasteiger partial charge in [0.15, 0.2) is 0 Å². The van der Waals surface area contributed by atoms with E-state index in [2.05, 4.69) is 10.1 Å². The first-order valence-electron chi connectivity index (χ1n) is 5.10. The van der Waals surface area contributed by atoms with Crippen LogP contribution in [-0.4, -0.2) is 36.5 Å². The Hall–Kier alpha value is -1.24. The summed E-state index contributed by atoms with van der Waals surface area (Å²) in [4.78, 5) is 0. The monoisotopic (exact) mass is 247 g/mol. The van der Waals surface area contributed by atoms with Gasteiger partial charge in [-0.05, 0) is 24.7 Å². The summed E-state index contributed by atoms with van der Waals surface area (Å²) in [7, 11) is 1.63. The lowest BCUT2D eigenvalue weighted by Crippen LogP contribution is -2.29. The Morgan fingerprint density at radius 2 is 2.06 bits per heavy atom. The average molecular weight is 247 g/mol. The largest absolute Gasteiger partial charge is 0.435 e. The molecule has 0 fully saturated rings. The van der Waals surface area contributed by atoms with Crippen LogP contribution in [0.15, 0.2) is 24.3 Å². The summed E-state index contributed by atoms with van der Waals surface area (Å²) in [5.74, 6) is -0.0480. The highest BCUT2D eigenvalue weighted by molar-refractivity contribution is 5.30. The zero-order valence-electron chi connectivity index (χ0n) is 9.31. The summed E-state index contributed by atoms with van der Waals surface area (Å²) in [6.07, 6.45) is -2.16. The minimum Gasteiger partial charge on any atom is -0.435 e. The van der Waals surface area contributed by atoms with Crippen molar-refractivity contribution in [2.75, 3.05) is 13.6 Å². The quantitative estimate of drug-likeness (QED) is 0.699. The number of rotatable bonds is 6. The van der Waals surface area contributed by atoms with Crippen LogP contribution in [0.2, 0.25) is 0 Å². The fourth-order valence-corrected chi connectivity index (χ4v) is 1.42. The lowest BCUT2D eigenvalue weighted by Gasteiger charge is -2.18. The van der Waals surface area contributed by atoms with Gasteiger partial charge in [-0.3, -0.25) is 0 Å². The molecule has 0 aliphatic rings. The molecule has 0 aliphatic heterocycles. The van der Waals surface area contributed by atoms with Gasteiger partial charge >= 0.3 is 6.61 Å². The Kier molecular flexibility index (Phi) is 5.27. The fourth-order valence-electron chi connectivity index (χ4n) is 1.42. The summed E-state index contributed by atoms with van der Waals surface area (Å²) in [5.41, 5.74) is 0.325. The molecule has 3 N–H and O–H groups in total. The third kappa shape index (κ3) is 4.26. The summed E-state index contributed by atoms with van der Waals surface area (Å²) < 4.78 is 28.2. The zero-order chi connectivity index (χ0) is 12.8. The van der Waals surface area contributed by atoms with Crippen LogP contribution in [0.25, 0.3) is 0 Å². The van der Waals surface area contributed by atoms with E-state index in [0.29, 0.717) is 5.56 Å². The van der Waals surface area contributed by atoms with Gasteiger partial charge in [0.2, 0.25) is 0 Å². The maximum Gasteiger partial charge on any atom is 0.387 e. The number of ether oxygens (including phenoxy) is 1. The Balaban J connectivity index is 2.76. The van der Waals surface area contributed by atoms with Gasteiger partial charge in [-0.15, -0.1) is 0 Å². The van der Waals surface area contributed by atoms with Gasteiger partial charge in [-0.1, -0.05) is 12.1 Å². The molecule has 0 heterocycles. The molecule has 17 heavy (non-hydrogen) atoms. The van der Waals surface area contributed by atoms with Gasteiger partial charge in [0.25, 0.3) is 0 Å². The molecule has 96 valence electrons. The van der Waals surface area contributed by atoms with E-state index in [1.165, 1.54) is 24.3 Å². The standard InChI is InChI=1S/C11H15F2NO3/c1-14-6-9(15)10(16)7-3-2-4-8(5-7)17-11(12)13/h2-5,9-11,14-16H,6H2,1H3. The molecule has 4 nitrogen and oxygen atoms in total. The first-order valence-corrected chi connectivity index (χ1v) is 5.10. The van der Waals surface area contributed by atoms with Gasteiger partial charge in [-0.2, -0.15) is 8.78 Å². The molecule has 0 amide bonds. The third-order valence-electron chi connectivity index (χ3n) is 2.20. The van der Waals surface area contributed by atoms with E-state index in [0.717, 1.165) is 0 Å². The van der Waals surface area contributed by atoms with E-state index in [1.54, 1.807) is 7.05 Å². The Labute approximate surface area is 97.8 Å². The number of nitrogens with one attached hydrogen (secondary N) is 1. The molecular formula is C11H15F2NO3. The molecule has 0 saturated heterocycles. The zero-order valence-corrected chi connectivity index (χ0v) is 9.31. The van der Waals surface area contributed by atoms with Gasteiger partial charge < -0.3 is 20.3 Å². The van der Waals surface area contributed by atoms with Crippen molar-refractivity contribution < 1.29 is 23.7 Å². The molecule has 0 bridgehead atoms. The lowest BCUT2D eigenvalue weighted by molar-refractivity contribution is -0.0501. The Morgan fingerprint density at radius 1 is 1.35 bits per heavy atom. The minimum atomic E-state index is -2.91. The molecule has 0 aromatic heterocycles. The maximum absolute atomic E-state index is 12.0.